The summed E-state index contributed by atoms with van der Waals surface area (Å²) < 4.78 is 0. The maximum atomic E-state index is 3.80. The Morgan fingerprint density at radius 2 is 1.82 bits per heavy atom. The van der Waals surface area contributed by atoms with Crippen molar-refractivity contribution in [3.05, 3.63) is 0 Å². The fourth-order valence-electron chi connectivity index (χ4n) is 3.52. The van der Waals surface area contributed by atoms with Gasteiger partial charge in [0.1, 0.15) is 0 Å². The van der Waals surface area contributed by atoms with Crippen molar-refractivity contribution in [3.8, 4) is 0 Å². The fraction of sp³-hybridized carbons (Fsp3) is 1.00. The van der Waals surface area contributed by atoms with E-state index < -0.39 is 0 Å². The third-order valence-corrected chi connectivity index (χ3v) is 4.80. The summed E-state index contributed by atoms with van der Waals surface area (Å²) in [5.41, 5.74) is 1.04. The molecule has 0 aromatic carbocycles. The van der Waals surface area contributed by atoms with Crippen LogP contribution in [-0.4, -0.2) is 36.6 Å². The lowest BCUT2D eigenvalue weighted by Gasteiger charge is -2.42. The van der Waals surface area contributed by atoms with E-state index in [2.05, 4.69) is 31.0 Å². The number of likely N-dealkylation sites (tertiary alicyclic amines) is 1. The molecule has 2 heterocycles. The van der Waals surface area contributed by atoms with Gasteiger partial charge in [0.15, 0.2) is 0 Å². The Kier molecular flexibility index (Phi) is 4.14. The molecule has 0 aliphatic carbocycles. The van der Waals surface area contributed by atoms with Crippen LogP contribution in [0.2, 0.25) is 0 Å². The monoisotopic (exact) mass is 238 g/mol. The van der Waals surface area contributed by atoms with Crippen LogP contribution in [0.15, 0.2) is 0 Å². The Bertz CT molecular complexity index is 231. The quantitative estimate of drug-likeness (QED) is 0.810. The molecule has 1 N–H and O–H groups in total. The summed E-state index contributed by atoms with van der Waals surface area (Å²) in [6.07, 6.45) is 8.17. The maximum absolute atomic E-state index is 3.80. The van der Waals surface area contributed by atoms with Crippen LogP contribution in [0.5, 0.6) is 0 Å². The van der Waals surface area contributed by atoms with Crippen LogP contribution in [0.4, 0.5) is 0 Å². The summed E-state index contributed by atoms with van der Waals surface area (Å²) in [4.78, 5) is 2.71. The first-order valence-corrected chi connectivity index (χ1v) is 7.53. The average Bonchev–Trinajstić information content (AvgIpc) is 2.71. The molecule has 2 heteroatoms. The molecule has 100 valence electrons. The van der Waals surface area contributed by atoms with Gasteiger partial charge < -0.3 is 10.2 Å². The van der Waals surface area contributed by atoms with E-state index in [0.717, 1.165) is 0 Å². The van der Waals surface area contributed by atoms with Crippen LogP contribution in [0.1, 0.15) is 59.3 Å². The molecule has 1 atom stereocenters. The highest BCUT2D eigenvalue weighted by Crippen LogP contribution is 2.32. The Morgan fingerprint density at radius 1 is 1.12 bits per heavy atom. The highest BCUT2D eigenvalue weighted by Gasteiger charge is 2.36. The Hall–Kier alpha value is -0.0800. The molecule has 2 nitrogen and oxygen atoms in total. The van der Waals surface area contributed by atoms with Crippen molar-refractivity contribution < 1.29 is 0 Å². The number of nitrogens with one attached hydrogen (secondary N) is 1. The molecule has 2 aliphatic rings. The number of rotatable bonds is 4. The molecule has 0 aromatic rings. The highest BCUT2D eigenvalue weighted by molar-refractivity contribution is 4.96. The highest BCUT2D eigenvalue weighted by atomic mass is 15.2. The van der Waals surface area contributed by atoms with Gasteiger partial charge in [-0.05, 0) is 57.2 Å². The summed E-state index contributed by atoms with van der Waals surface area (Å²) >= 11 is 0. The van der Waals surface area contributed by atoms with Crippen molar-refractivity contribution in [1.29, 1.82) is 0 Å². The van der Waals surface area contributed by atoms with Crippen molar-refractivity contribution in [2.24, 2.45) is 5.41 Å². The summed E-state index contributed by atoms with van der Waals surface area (Å²) in [5.74, 6) is 0. The number of nitrogens with zero attached hydrogens (tertiary/aromatic N) is 1. The van der Waals surface area contributed by atoms with Crippen LogP contribution in [-0.2, 0) is 0 Å². The molecular formula is C15H30N2. The van der Waals surface area contributed by atoms with Crippen LogP contribution < -0.4 is 5.32 Å². The minimum Gasteiger partial charge on any atom is -0.310 e. The van der Waals surface area contributed by atoms with E-state index in [1.165, 1.54) is 64.7 Å². The molecule has 1 unspecified atom stereocenters. The minimum atomic E-state index is 0.455. The van der Waals surface area contributed by atoms with Gasteiger partial charge in [0.2, 0.25) is 0 Å². The molecule has 0 bridgehead atoms. The van der Waals surface area contributed by atoms with Gasteiger partial charge in [-0.3, -0.25) is 0 Å². The molecular weight excluding hydrogens is 208 g/mol. The zero-order valence-electron chi connectivity index (χ0n) is 12.0. The molecule has 0 saturated carbocycles. The lowest BCUT2D eigenvalue weighted by molar-refractivity contribution is 0.0999. The lowest BCUT2D eigenvalue weighted by atomic mass is 9.81. The molecule has 2 fully saturated rings. The van der Waals surface area contributed by atoms with E-state index in [1.54, 1.807) is 0 Å². The summed E-state index contributed by atoms with van der Waals surface area (Å²) in [6, 6.07) is 0. The first-order chi connectivity index (χ1) is 8.05. The van der Waals surface area contributed by atoms with Gasteiger partial charge >= 0.3 is 0 Å². The second-order valence-corrected chi connectivity index (χ2v) is 7.00. The number of hydrogen-bond acceptors (Lipinski definition) is 2. The molecule has 0 amide bonds. The fourth-order valence-corrected chi connectivity index (χ4v) is 3.52. The van der Waals surface area contributed by atoms with Crippen LogP contribution in [0.3, 0.4) is 0 Å². The third kappa shape index (κ3) is 3.45. The Balaban J connectivity index is 1.87. The van der Waals surface area contributed by atoms with Gasteiger partial charge in [-0.25, -0.2) is 0 Å². The predicted octanol–water partition coefficient (Wildman–Crippen LogP) is 3.03. The summed E-state index contributed by atoms with van der Waals surface area (Å²) in [5, 5.41) is 3.80. The van der Waals surface area contributed by atoms with E-state index in [9.17, 15) is 0 Å². The standard InChI is InChI=1S/C15H30N2/c1-4-6-15(7-5-10-16-15)13-17-11-8-14(2,3)9-12-17/h16H,4-13H2,1-3H3. The van der Waals surface area contributed by atoms with Crippen molar-refractivity contribution in [2.75, 3.05) is 26.2 Å². The Labute approximate surface area is 107 Å². The second kappa shape index (κ2) is 5.27. The summed E-state index contributed by atoms with van der Waals surface area (Å²) in [7, 11) is 0. The van der Waals surface area contributed by atoms with Gasteiger partial charge in [-0.2, -0.15) is 0 Å². The van der Waals surface area contributed by atoms with E-state index in [0.29, 0.717) is 11.0 Å². The molecule has 0 aromatic heterocycles. The van der Waals surface area contributed by atoms with E-state index >= 15 is 0 Å². The van der Waals surface area contributed by atoms with Crippen molar-refractivity contribution in [1.82, 2.24) is 10.2 Å². The molecule has 17 heavy (non-hydrogen) atoms. The van der Waals surface area contributed by atoms with Crippen molar-refractivity contribution >= 4 is 0 Å². The van der Waals surface area contributed by atoms with Crippen LogP contribution in [0.25, 0.3) is 0 Å². The van der Waals surface area contributed by atoms with Gasteiger partial charge in [-0.15, -0.1) is 0 Å². The molecule has 0 spiro atoms. The normalized spacial score (nSPS) is 34.1. The topological polar surface area (TPSA) is 15.3 Å². The van der Waals surface area contributed by atoms with Crippen LogP contribution >= 0.6 is 0 Å². The molecule has 2 rings (SSSR count). The maximum Gasteiger partial charge on any atom is 0.0309 e. The van der Waals surface area contributed by atoms with E-state index in [4.69, 9.17) is 0 Å². The largest absolute Gasteiger partial charge is 0.310 e. The molecule has 2 aliphatic heterocycles. The van der Waals surface area contributed by atoms with Crippen LogP contribution in [0, 0.1) is 5.41 Å². The van der Waals surface area contributed by atoms with Crippen molar-refractivity contribution in [2.45, 2.75) is 64.8 Å². The minimum absolute atomic E-state index is 0.455. The third-order valence-electron chi connectivity index (χ3n) is 4.80. The number of piperidine rings is 1. The van der Waals surface area contributed by atoms with Gasteiger partial charge in [-0.1, -0.05) is 27.2 Å². The smallest absolute Gasteiger partial charge is 0.0309 e. The first kappa shape index (κ1) is 13.4. The SMILES string of the molecule is CCCC1(CN2CCC(C)(C)CC2)CCCN1. The molecule has 0 radical (unpaired) electrons. The first-order valence-electron chi connectivity index (χ1n) is 7.53. The molecule has 2 saturated heterocycles. The van der Waals surface area contributed by atoms with Gasteiger partial charge in [0, 0.05) is 12.1 Å². The van der Waals surface area contributed by atoms with Gasteiger partial charge in [0.05, 0.1) is 0 Å². The zero-order valence-corrected chi connectivity index (χ0v) is 12.0. The predicted molar refractivity (Wildman–Crippen MR) is 74.3 cm³/mol. The van der Waals surface area contributed by atoms with Gasteiger partial charge in [0.25, 0.3) is 0 Å². The number of hydrogen-bond donors (Lipinski definition) is 1. The average molecular weight is 238 g/mol. The lowest BCUT2D eigenvalue weighted by Crippen LogP contribution is -2.52. The second-order valence-electron chi connectivity index (χ2n) is 7.00. The Morgan fingerprint density at radius 3 is 2.35 bits per heavy atom. The van der Waals surface area contributed by atoms with E-state index in [-0.39, 0.29) is 0 Å². The van der Waals surface area contributed by atoms with Crippen molar-refractivity contribution in [3.63, 3.8) is 0 Å². The summed E-state index contributed by atoms with van der Waals surface area (Å²) in [6.45, 7) is 12.3. The zero-order chi connectivity index (χ0) is 12.4. The van der Waals surface area contributed by atoms with E-state index in [1.807, 2.05) is 0 Å².